The van der Waals surface area contributed by atoms with Crippen LogP contribution >= 0.6 is 0 Å². The predicted molar refractivity (Wildman–Crippen MR) is 56.1 cm³/mol. The van der Waals surface area contributed by atoms with Crippen LogP contribution in [-0.2, 0) is 10.0 Å². The van der Waals surface area contributed by atoms with Crippen molar-refractivity contribution in [1.82, 2.24) is 4.72 Å². The van der Waals surface area contributed by atoms with Gasteiger partial charge in [-0.05, 0) is 37.1 Å². The minimum Gasteiger partial charge on any atom is -0.508 e. The highest BCUT2D eigenvalue weighted by atomic mass is 32.2. The lowest BCUT2D eigenvalue weighted by atomic mass is 9.94. The smallest absolute Gasteiger partial charge is 0.240 e. The molecule has 15 heavy (non-hydrogen) atoms. The van der Waals surface area contributed by atoms with Gasteiger partial charge in [-0.1, -0.05) is 6.42 Å². The Morgan fingerprint density at radius 1 is 1.20 bits per heavy atom. The van der Waals surface area contributed by atoms with Crippen LogP contribution < -0.4 is 4.72 Å². The topological polar surface area (TPSA) is 66.4 Å². The highest BCUT2D eigenvalue weighted by Crippen LogP contribution is 2.21. The zero-order valence-electron chi connectivity index (χ0n) is 8.18. The summed E-state index contributed by atoms with van der Waals surface area (Å²) >= 11 is 0. The monoisotopic (exact) mass is 227 g/mol. The molecule has 0 unspecified atom stereocenters. The number of benzene rings is 1. The molecule has 0 aromatic heterocycles. The molecule has 82 valence electrons. The third kappa shape index (κ3) is 2.30. The van der Waals surface area contributed by atoms with Crippen LogP contribution in [0.4, 0.5) is 0 Å². The fourth-order valence-corrected chi connectivity index (χ4v) is 2.74. The number of phenolic OH excluding ortho intramolecular Hbond substituents is 1. The summed E-state index contributed by atoms with van der Waals surface area (Å²) in [5.74, 6) is 0.0672. The van der Waals surface area contributed by atoms with Crippen molar-refractivity contribution >= 4 is 10.0 Å². The summed E-state index contributed by atoms with van der Waals surface area (Å²) in [6.45, 7) is 0. The van der Waals surface area contributed by atoms with Gasteiger partial charge in [0.15, 0.2) is 0 Å². The molecule has 1 aromatic rings. The zero-order chi connectivity index (χ0) is 10.9. The Labute approximate surface area is 89.0 Å². The maximum absolute atomic E-state index is 11.8. The Morgan fingerprint density at radius 2 is 1.80 bits per heavy atom. The number of hydrogen-bond acceptors (Lipinski definition) is 3. The molecule has 2 rings (SSSR count). The number of hydrogen-bond donors (Lipinski definition) is 2. The third-order valence-electron chi connectivity index (χ3n) is 2.57. The first kappa shape index (κ1) is 10.4. The molecule has 1 saturated carbocycles. The summed E-state index contributed by atoms with van der Waals surface area (Å²) in [6.07, 6.45) is 2.91. The van der Waals surface area contributed by atoms with Gasteiger partial charge in [-0.3, -0.25) is 0 Å². The van der Waals surface area contributed by atoms with Crippen LogP contribution in [0.5, 0.6) is 5.75 Å². The van der Waals surface area contributed by atoms with Gasteiger partial charge in [0.25, 0.3) is 0 Å². The van der Waals surface area contributed by atoms with Crippen LogP contribution in [0.25, 0.3) is 0 Å². The molecule has 0 aliphatic heterocycles. The van der Waals surface area contributed by atoms with Gasteiger partial charge in [-0.15, -0.1) is 0 Å². The Bertz CT molecular complexity index is 434. The van der Waals surface area contributed by atoms with Crippen molar-refractivity contribution in [1.29, 1.82) is 0 Å². The summed E-state index contributed by atoms with van der Waals surface area (Å²) in [6, 6.07) is 5.63. The first-order valence-corrected chi connectivity index (χ1v) is 6.37. The van der Waals surface area contributed by atoms with Crippen molar-refractivity contribution in [3.63, 3.8) is 0 Å². The van der Waals surface area contributed by atoms with E-state index in [9.17, 15) is 8.42 Å². The van der Waals surface area contributed by atoms with Crippen molar-refractivity contribution in [2.24, 2.45) is 0 Å². The summed E-state index contributed by atoms with van der Waals surface area (Å²) in [5, 5.41) is 9.05. The molecule has 0 spiro atoms. The lowest BCUT2D eigenvalue weighted by Gasteiger charge is -2.26. The van der Waals surface area contributed by atoms with Crippen LogP contribution in [-0.4, -0.2) is 19.6 Å². The van der Waals surface area contributed by atoms with E-state index in [4.69, 9.17) is 5.11 Å². The van der Waals surface area contributed by atoms with Gasteiger partial charge in [-0.25, -0.2) is 13.1 Å². The Hall–Kier alpha value is -1.07. The number of nitrogens with one attached hydrogen (secondary N) is 1. The van der Waals surface area contributed by atoms with E-state index in [0.29, 0.717) is 0 Å². The van der Waals surface area contributed by atoms with E-state index in [1.54, 1.807) is 0 Å². The molecular weight excluding hydrogens is 214 g/mol. The maximum Gasteiger partial charge on any atom is 0.240 e. The minimum atomic E-state index is -3.40. The number of sulfonamides is 1. The van der Waals surface area contributed by atoms with E-state index in [2.05, 4.69) is 4.72 Å². The number of aromatic hydroxyl groups is 1. The van der Waals surface area contributed by atoms with E-state index in [1.165, 1.54) is 24.3 Å². The maximum atomic E-state index is 11.8. The second-order valence-electron chi connectivity index (χ2n) is 3.74. The van der Waals surface area contributed by atoms with Crippen LogP contribution in [0.15, 0.2) is 29.2 Å². The van der Waals surface area contributed by atoms with Crippen molar-refractivity contribution in [2.45, 2.75) is 30.2 Å². The first-order chi connectivity index (χ1) is 7.08. The highest BCUT2D eigenvalue weighted by molar-refractivity contribution is 7.89. The van der Waals surface area contributed by atoms with Crippen LogP contribution in [0.1, 0.15) is 19.3 Å². The Balaban J connectivity index is 2.17. The van der Waals surface area contributed by atoms with Gasteiger partial charge in [0.05, 0.1) is 4.90 Å². The summed E-state index contributed by atoms with van der Waals surface area (Å²) in [5.41, 5.74) is 0. The molecule has 2 N–H and O–H groups in total. The van der Waals surface area contributed by atoms with Crippen LogP contribution in [0.3, 0.4) is 0 Å². The lowest BCUT2D eigenvalue weighted by molar-refractivity contribution is 0.383. The fourth-order valence-electron chi connectivity index (χ4n) is 1.44. The molecule has 0 bridgehead atoms. The van der Waals surface area contributed by atoms with Gasteiger partial charge in [-0.2, -0.15) is 0 Å². The van der Waals surface area contributed by atoms with Gasteiger partial charge >= 0.3 is 0 Å². The quantitative estimate of drug-likeness (QED) is 0.816. The van der Waals surface area contributed by atoms with Crippen molar-refractivity contribution in [3.8, 4) is 5.75 Å². The standard InChI is InChI=1S/C10H13NO3S/c12-9-4-6-10(7-5-9)15(13,14)11-8-2-1-3-8/h4-8,11-12H,1-3H2. The van der Waals surface area contributed by atoms with Crippen molar-refractivity contribution in [2.75, 3.05) is 0 Å². The molecule has 1 aromatic carbocycles. The fraction of sp³-hybridized carbons (Fsp3) is 0.400. The molecule has 1 aliphatic carbocycles. The third-order valence-corrected chi connectivity index (χ3v) is 4.11. The van der Waals surface area contributed by atoms with E-state index in [-0.39, 0.29) is 16.7 Å². The average molecular weight is 227 g/mol. The Morgan fingerprint density at radius 3 is 2.27 bits per heavy atom. The molecule has 0 heterocycles. The van der Waals surface area contributed by atoms with E-state index >= 15 is 0 Å². The minimum absolute atomic E-state index is 0.0672. The van der Waals surface area contributed by atoms with Crippen LogP contribution in [0, 0.1) is 0 Å². The molecule has 5 heteroatoms. The summed E-state index contributed by atoms with van der Waals surface area (Å²) in [4.78, 5) is 0.201. The van der Waals surface area contributed by atoms with E-state index in [1.807, 2.05) is 0 Å². The normalized spacial score (nSPS) is 17.3. The van der Waals surface area contributed by atoms with Crippen molar-refractivity contribution < 1.29 is 13.5 Å². The van der Waals surface area contributed by atoms with E-state index < -0.39 is 10.0 Å². The number of rotatable bonds is 3. The average Bonchev–Trinajstić information content (AvgIpc) is 2.13. The van der Waals surface area contributed by atoms with Gasteiger partial charge in [0.2, 0.25) is 10.0 Å². The molecule has 0 amide bonds. The number of phenols is 1. The first-order valence-electron chi connectivity index (χ1n) is 4.89. The second-order valence-corrected chi connectivity index (χ2v) is 5.46. The largest absolute Gasteiger partial charge is 0.508 e. The second kappa shape index (κ2) is 3.83. The van der Waals surface area contributed by atoms with E-state index in [0.717, 1.165) is 19.3 Å². The summed E-state index contributed by atoms with van der Waals surface area (Å²) in [7, 11) is -3.40. The highest BCUT2D eigenvalue weighted by Gasteiger charge is 2.24. The molecular formula is C10H13NO3S. The SMILES string of the molecule is O=S(=O)(NC1CCC1)c1ccc(O)cc1. The Kier molecular flexibility index (Phi) is 2.67. The molecule has 0 saturated heterocycles. The molecule has 0 atom stereocenters. The molecule has 1 fully saturated rings. The van der Waals surface area contributed by atoms with Gasteiger partial charge < -0.3 is 5.11 Å². The van der Waals surface area contributed by atoms with Gasteiger partial charge in [0.1, 0.15) is 5.75 Å². The zero-order valence-corrected chi connectivity index (χ0v) is 9.00. The molecule has 0 radical (unpaired) electrons. The molecule has 1 aliphatic rings. The van der Waals surface area contributed by atoms with Gasteiger partial charge in [0, 0.05) is 6.04 Å². The molecule has 4 nitrogen and oxygen atoms in total. The lowest BCUT2D eigenvalue weighted by Crippen LogP contribution is -2.39. The summed E-state index contributed by atoms with van der Waals surface area (Å²) < 4.78 is 26.1. The van der Waals surface area contributed by atoms with Crippen molar-refractivity contribution in [3.05, 3.63) is 24.3 Å². The van der Waals surface area contributed by atoms with Crippen LogP contribution in [0.2, 0.25) is 0 Å². The predicted octanol–water partition coefficient (Wildman–Crippen LogP) is 1.22.